The number of ether oxygens (including phenoxy) is 1. The lowest BCUT2D eigenvalue weighted by molar-refractivity contribution is 0.149. The molecule has 0 radical (unpaired) electrons. The first kappa shape index (κ1) is 22.8. The molecule has 3 aromatic carbocycles. The molecule has 0 unspecified atom stereocenters. The lowest BCUT2D eigenvalue weighted by Crippen LogP contribution is -1.96. The first-order chi connectivity index (χ1) is 15.3. The number of rotatable bonds is 12. The van der Waals surface area contributed by atoms with Crippen LogP contribution in [0.4, 0.5) is 0 Å². The summed E-state index contributed by atoms with van der Waals surface area (Å²) in [7, 11) is 0. The van der Waals surface area contributed by atoms with Crippen molar-refractivity contribution in [3.63, 3.8) is 0 Å². The van der Waals surface area contributed by atoms with Gasteiger partial charge < -0.3 is 4.74 Å². The van der Waals surface area contributed by atoms with Gasteiger partial charge in [-0.1, -0.05) is 91.0 Å². The summed E-state index contributed by atoms with van der Waals surface area (Å²) in [6.45, 7) is 6.99. The highest BCUT2D eigenvalue weighted by Gasteiger charge is 2.00. The Bertz CT molecular complexity index is 931. The number of aryl methyl sites for hydroxylation is 4. The van der Waals surface area contributed by atoms with Crippen molar-refractivity contribution in [3.8, 4) is 0 Å². The van der Waals surface area contributed by atoms with Crippen molar-refractivity contribution in [1.29, 1.82) is 0 Å². The minimum Gasteiger partial charge on any atom is -0.373 e. The second-order valence-electron chi connectivity index (χ2n) is 8.03. The molecule has 3 aromatic rings. The van der Waals surface area contributed by atoms with Crippen molar-refractivity contribution in [1.82, 2.24) is 0 Å². The normalized spacial score (nSPS) is 11.1. The molecule has 0 bridgehead atoms. The summed E-state index contributed by atoms with van der Waals surface area (Å²) in [4.78, 5) is 0. The minimum absolute atomic E-state index is 0.598. The van der Waals surface area contributed by atoms with E-state index in [-0.39, 0.29) is 0 Å². The van der Waals surface area contributed by atoms with Gasteiger partial charge in [-0.25, -0.2) is 0 Å². The van der Waals surface area contributed by atoms with Gasteiger partial charge in [0.15, 0.2) is 0 Å². The van der Waals surface area contributed by atoms with Crippen LogP contribution in [0, 0.1) is 0 Å². The van der Waals surface area contributed by atoms with Crippen LogP contribution in [-0.2, 0) is 43.4 Å². The van der Waals surface area contributed by atoms with Crippen molar-refractivity contribution in [2.45, 2.75) is 45.6 Å². The van der Waals surface area contributed by atoms with Gasteiger partial charge in [0.2, 0.25) is 0 Å². The maximum Gasteiger partial charge on any atom is 0.0721 e. The Balaban J connectivity index is 1.43. The van der Waals surface area contributed by atoms with E-state index in [0.717, 1.165) is 32.1 Å². The Morgan fingerprint density at radius 3 is 1.39 bits per heavy atom. The predicted molar refractivity (Wildman–Crippen MR) is 133 cm³/mol. The van der Waals surface area contributed by atoms with Gasteiger partial charge in [0, 0.05) is 0 Å². The number of allylic oxidation sites excluding steroid dienone is 2. The van der Waals surface area contributed by atoms with Crippen LogP contribution in [0.5, 0.6) is 0 Å². The molecule has 0 N–H and O–H groups in total. The highest BCUT2D eigenvalue weighted by molar-refractivity contribution is 5.28. The second-order valence-corrected chi connectivity index (χ2v) is 8.03. The molecule has 0 spiro atoms. The molecule has 0 aliphatic rings. The van der Waals surface area contributed by atoms with Crippen molar-refractivity contribution in [2.24, 2.45) is 0 Å². The van der Waals surface area contributed by atoms with Gasteiger partial charge >= 0.3 is 0 Å². The van der Waals surface area contributed by atoms with E-state index in [1.54, 1.807) is 6.08 Å². The summed E-state index contributed by atoms with van der Waals surface area (Å²) < 4.78 is 5.50. The molecule has 160 valence electrons. The molecular formula is C30H34O. The van der Waals surface area contributed by atoms with Gasteiger partial charge in [0.25, 0.3) is 0 Å². The molecule has 31 heavy (non-hydrogen) atoms. The topological polar surface area (TPSA) is 9.23 Å². The van der Waals surface area contributed by atoms with Crippen LogP contribution >= 0.6 is 0 Å². The van der Waals surface area contributed by atoms with Crippen LogP contribution in [0.2, 0.25) is 0 Å². The van der Waals surface area contributed by atoms with Gasteiger partial charge in [-0.05, 0) is 72.4 Å². The summed E-state index contributed by atoms with van der Waals surface area (Å²) in [5.41, 5.74) is 8.17. The maximum atomic E-state index is 5.50. The number of benzene rings is 3. The Labute approximate surface area is 188 Å². The zero-order chi connectivity index (χ0) is 21.7. The van der Waals surface area contributed by atoms with Crippen LogP contribution < -0.4 is 0 Å². The molecule has 0 aliphatic heterocycles. The van der Waals surface area contributed by atoms with Crippen LogP contribution in [-0.4, -0.2) is 6.61 Å². The molecule has 1 nitrogen and oxygen atoms in total. The van der Waals surface area contributed by atoms with Gasteiger partial charge in [-0.2, -0.15) is 0 Å². The summed E-state index contributed by atoms with van der Waals surface area (Å²) >= 11 is 0. The first-order valence-electron chi connectivity index (χ1n) is 11.3. The molecule has 0 fully saturated rings. The Hall–Kier alpha value is -2.90. The third-order valence-corrected chi connectivity index (χ3v) is 5.57. The molecule has 0 atom stereocenters. The third kappa shape index (κ3) is 8.03. The maximum absolute atomic E-state index is 5.50. The van der Waals surface area contributed by atoms with Gasteiger partial charge in [-0.3, -0.25) is 0 Å². The summed E-state index contributed by atoms with van der Waals surface area (Å²) in [6.07, 6.45) is 11.4. The zero-order valence-corrected chi connectivity index (χ0v) is 18.7. The standard InChI is InChI=1S/C30H34O/c1-3-5-6-25-7-9-26(10-8-25)11-12-27-13-15-28(16-14-27)17-18-29-19-21-30(22-20-29)24-31-23-4-2/h3-5,7-10,13-16,19-22H,2,6,11-12,17-18,23-24H2,1H3. The van der Waals surface area contributed by atoms with E-state index in [9.17, 15) is 0 Å². The molecular weight excluding hydrogens is 376 g/mol. The fourth-order valence-corrected chi connectivity index (χ4v) is 3.61. The van der Waals surface area contributed by atoms with Crippen molar-refractivity contribution >= 4 is 0 Å². The largest absolute Gasteiger partial charge is 0.373 e. The lowest BCUT2D eigenvalue weighted by Gasteiger charge is -2.07. The zero-order valence-electron chi connectivity index (χ0n) is 18.7. The third-order valence-electron chi connectivity index (χ3n) is 5.57. The highest BCUT2D eigenvalue weighted by atomic mass is 16.5. The van der Waals surface area contributed by atoms with E-state index in [2.05, 4.69) is 98.5 Å². The Morgan fingerprint density at radius 2 is 1.00 bits per heavy atom. The molecule has 0 amide bonds. The Kier molecular flexibility index (Phi) is 9.34. The molecule has 1 heteroatoms. The quantitative estimate of drug-likeness (QED) is 0.229. The average molecular weight is 411 g/mol. The fraction of sp³-hybridized carbons (Fsp3) is 0.267. The van der Waals surface area contributed by atoms with E-state index >= 15 is 0 Å². The van der Waals surface area contributed by atoms with Crippen molar-refractivity contribution < 1.29 is 4.74 Å². The molecule has 0 heterocycles. The van der Waals surface area contributed by atoms with Crippen LogP contribution in [0.15, 0.2) is 97.6 Å². The molecule has 0 saturated carbocycles. The SMILES string of the molecule is C=CCOCc1ccc(CCc2ccc(CCc3ccc(CC=CC)cc3)cc2)cc1. The van der Waals surface area contributed by atoms with E-state index in [1.807, 2.05) is 0 Å². The minimum atomic E-state index is 0.598. The van der Waals surface area contributed by atoms with E-state index in [4.69, 9.17) is 4.74 Å². The van der Waals surface area contributed by atoms with Crippen LogP contribution in [0.1, 0.15) is 40.3 Å². The average Bonchev–Trinajstić information content (AvgIpc) is 2.82. The summed E-state index contributed by atoms with van der Waals surface area (Å²) in [6, 6.07) is 26.9. The lowest BCUT2D eigenvalue weighted by atomic mass is 9.99. The number of hydrogen-bond acceptors (Lipinski definition) is 1. The fourth-order valence-electron chi connectivity index (χ4n) is 3.61. The highest BCUT2D eigenvalue weighted by Crippen LogP contribution is 2.14. The van der Waals surface area contributed by atoms with Gasteiger partial charge in [-0.15, -0.1) is 6.58 Å². The summed E-state index contributed by atoms with van der Waals surface area (Å²) in [5, 5.41) is 0. The molecule has 0 aromatic heterocycles. The Morgan fingerprint density at radius 1 is 0.613 bits per heavy atom. The van der Waals surface area contributed by atoms with Crippen LogP contribution in [0.3, 0.4) is 0 Å². The van der Waals surface area contributed by atoms with E-state index in [0.29, 0.717) is 13.2 Å². The van der Waals surface area contributed by atoms with Gasteiger partial charge in [0.05, 0.1) is 13.2 Å². The van der Waals surface area contributed by atoms with Crippen LogP contribution in [0.25, 0.3) is 0 Å². The van der Waals surface area contributed by atoms with E-state index < -0.39 is 0 Å². The van der Waals surface area contributed by atoms with Gasteiger partial charge in [0.1, 0.15) is 0 Å². The van der Waals surface area contributed by atoms with Crippen molar-refractivity contribution in [3.05, 3.63) is 131 Å². The molecule has 0 saturated heterocycles. The monoisotopic (exact) mass is 410 g/mol. The smallest absolute Gasteiger partial charge is 0.0721 e. The molecule has 0 aliphatic carbocycles. The number of hydrogen-bond donors (Lipinski definition) is 0. The second kappa shape index (κ2) is 12.7. The predicted octanol–water partition coefficient (Wildman–Crippen LogP) is 7.08. The summed E-state index contributed by atoms with van der Waals surface area (Å²) in [5.74, 6) is 0. The molecule has 3 rings (SSSR count). The first-order valence-corrected chi connectivity index (χ1v) is 11.3. The van der Waals surface area contributed by atoms with Crippen molar-refractivity contribution in [2.75, 3.05) is 6.61 Å². The van der Waals surface area contributed by atoms with E-state index in [1.165, 1.54) is 33.4 Å².